The van der Waals surface area contributed by atoms with Crippen LogP contribution in [-0.4, -0.2) is 60.9 Å². The van der Waals surface area contributed by atoms with Crippen LogP contribution in [0.5, 0.6) is 0 Å². The first-order chi connectivity index (χ1) is 9.67. The van der Waals surface area contributed by atoms with Crippen molar-refractivity contribution in [3.05, 3.63) is 17.0 Å². The highest BCUT2D eigenvalue weighted by Crippen LogP contribution is 2.13. The first-order valence-electron chi connectivity index (χ1n) is 6.76. The summed E-state index contributed by atoms with van der Waals surface area (Å²) in [6, 6.07) is 2.01. The van der Waals surface area contributed by atoms with E-state index in [0.717, 1.165) is 38.7 Å². The highest BCUT2D eigenvalue weighted by Gasteiger charge is 2.14. The highest BCUT2D eigenvalue weighted by molar-refractivity contribution is 6.29. The second kappa shape index (κ2) is 7.73. The number of aromatic nitrogens is 2. The van der Waals surface area contributed by atoms with Crippen molar-refractivity contribution in [3.63, 3.8) is 0 Å². The molecule has 20 heavy (non-hydrogen) atoms. The van der Waals surface area contributed by atoms with Gasteiger partial charge in [-0.05, 0) is 6.92 Å². The van der Waals surface area contributed by atoms with E-state index in [1.807, 2.05) is 0 Å². The topological polar surface area (TPSA) is 59.5 Å². The fraction of sp³-hybridized carbons (Fsp3) is 0.692. The zero-order chi connectivity index (χ0) is 14.4. The van der Waals surface area contributed by atoms with Gasteiger partial charge in [-0.1, -0.05) is 11.6 Å². The van der Waals surface area contributed by atoms with E-state index in [0.29, 0.717) is 17.6 Å². The molecule has 6 nitrogen and oxygen atoms in total. The lowest BCUT2D eigenvalue weighted by Crippen LogP contribution is -2.42. The molecule has 112 valence electrons. The van der Waals surface area contributed by atoms with Gasteiger partial charge in [-0.25, -0.2) is 9.97 Å². The van der Waals surface area contributed by atoms with Crippen LogP contribution in [-0.2, 0) is 16.1 Å². The lowest BCUT2D eigenvalue weighted by Gasteiger charge is -2.29. The summed E-state index contributed by atoms with van der Waals surface area (Å²) in [6.07, 6.45) is 0. The third-order valence-electron chi connectivity index (χ3n) is 3.04. The Morgan fingerprint density at radius 3 is 2.90 bits per heavy atom. The predicted octanol–water partition coefficient (Wildman–Crippen LogP) is 1.41. The third kappa shape index (κ3) is 4.86. The summed E-state index contributed by atoms with van der Waals surface area (Å²) < 4.78 is 10.4. The first kappa shape index (κ1) is 15.4. The van der Waals surface area contributed by atoms with Gasteiger partial charge < -0.3 is 14.8 Å². The lowest BCUT2D eigenvalue weighted by atomic mass is 10.3. The average Bonchev–Trinajstić information content (AvgIpc) is 2.39. The lowest BCUT2D eigenvalue weighted by molar-refractivity contribution is 0.0368. The molecule has 0 amide bonds. The highest BCUT2D eigenvalue weighted by atomic mass is 35.5. The van der Waals surface area contributed by atoms with Crippen LogP contribution >= 0.6 is 11.6 Å². The molecule has 1 saturated heterocycles. The minimum absolute atomic E-state index is 0.273. The fourth-order valence-electron chi connectivity index (χ4n) is 2.20. The van der Waals surface area contributed by atoms with Crippen molar-refractivity contribution in [1.29, 1.82) is 0 Å². The van der Waals surface area contributed by atoms with Crippen molar-refractivity contribution < 1.29 is 9.47 Å². The van der Waals surface area contributed by atoms with Crippen LogP contribution in [0.4, 0.5) is 5.82 Å². The molecule has 0 spiro atoms. The Morgan fingerprint density at radius 2 is 2.20 bits per heavy atom. The number of nitrogens with one attached hydrogen (secondary N) is 1. The Morgan fingerprint density at radius 1 is 1.45 bits per heavy atom. The van der Waals surface area contributed by atoms with Crippen LogP contribution in [0.25, 0.3) is 0 Å². The molecule has 0 bridgehead atoms. The number of ether oxygens (including phenoxy) is 2. The molecule has 0 aromatic carbocycles. The SMILES string of the molecule is COCc1nc(Cl)cc(NC(C)CN2CCOCC2)n1. The van der Waals surface area contributed by atoms with Gasteiger partial charge in [0.25, 0.3) is 0 Å². The Hall–Kier alpha value is -0.950. The van der Waals surface area contributed by atoms with Crippen molar-refractivity contribution in [2.45, 2.75) is 19.6 Å². The largest absolute Gasteiger partial charge is 0.379 e. The van der Waals surface area contributed by atoms with Crippen molar-refractivity contribution in [2.75, 3.05) is 45.3 Å². The summed E-state index contributed by atoms with van der Waals surface area (Å²) in [6.45, 7) is 7.00. The molecule has 7 heteroatoms. The molecule has 2 rings (SSSR count). The van der Waals surface area contributed by atoms with Crippen LogP contribution in [0.3, 0.4) is 0 Å². The van der Waals surface area contributed by atoms with Gasteiger partial charge in [0.05, 0.1) is 13.2 Å². The molecule has 1 aromatic heterocycles. The van der Waals surface area contributed by atoms with Gasteiger partial charge in [0.2, 0.25) is 0 Å². The number of nitrogens with zero attached hydrogens (tertiary/aromatic N) is 3. The molecule has 0 saturated carbocycles. The van der Waals surface area contributed by atoms with Crippen molar-refractivity contribution in [3.8, 4) is 0 Å². The molecule has 1 unspecified atom stereocenters. The fourth-order valence-corrected chi connectivity index (χ4v) is 2.40. The maximum Gasteiger partial charge on any atom is 0.158 e. The second-order valence-electron chi connectivity index (χ2n) is 4.88. The Balaban J connectivity index is 1.90. The van der Waals surface area contributed by atoms with E-state index in [1.54, 1.807) is 13.2 Å². The number of methoxy groups -OCH3 is 1. The quantitative estimate of drug-likeness (QED) is 0.802. The molecule has 1 aromatic rings. The Kier molecular flexibility index (Phi) is 5.97. The van der Waals surface area contributed by atoms with Crippen LogP contribution in [0, 0.1) is 0 Å². The van der Waals surface area contributed by atoms with Crippen molar-refractivity contribution >= 4 is 17.4 Å². The van der Waals surface area contributed by atoms with E-state index in [2.05, 4.69) is 27.1 Å². The normalized spacial score (nSPS) is 17.9. The molecular formula is C13H21ClN4O2. The standard InChI is InChI=1S/C13H21ClN4O2/c1-10(8-18-3-5-20-6-4-18)15-12-7-11(14)16-13(17-12)9-19-2/h7,10H,3-6,8-9H2,1-2H3,(H,15,16,17). The zero-order valence-corrected chi connectivity index (χ0v) is 12.7. The van der Waals surface area contributed by atoms with E-state index in [1.165, 1.54) is 0 Å². The monoisotopic (exact) mass is 300 g/mol. The maximum absolute atomic E-state index is 5.99. The maximum atomic E-state index is 5.99. The molecule has 1 fully saturated rings. The molecule has 1 aliphatic rings. The van der Waals surface area contributed by atoms with E-state index >= 15 is 0 Å². The number of morpholine rings is 1. The summed E-state index contributed by atoms with van der Waals surface area (Å²) >= 11 is 5.99. The van der Waals surface area contributed by atoms with Gasteiger partial charge in [-0.15, -0.1) is 0 Å². The third-order valence-corrected chi connectivity index (χ3v) is 3.24. The average molecular weight is 301 g/mol. The first-order valence-corrected chi connectivity index (χ1v) is 7.14. The number of rotatable bonds is 6. The van der Waals surface area contributed by atoms with Crippen molar-refractivity contribution in [1.82, 2.24) is 14.9 Å². The van der Waals surface area contributed by atoms with Gasteiger partial charge in [0, 0.05) is 38.9 Å². The van der Waals surface area contributed by atoms with Gasteiger partial charge >= 0.3 is 0 Å². The summed E-state index contributed by atoms with van der Waals surface area (Å²) in [5, 5.41) is 3.78. The van der Waals surface area contributed by atoms with Gasteiger partial charge in [-0.2, -0.15) is 0 Å². The second-order valence-corrected chi connectivity index (χ2v) is 5.27. The number of anilines is 1. The summed E-state index contributed by atoms with van der Waals surface area (Å²) in [5.74, 6) is 1.32. The number of hydrogen-bond acceptors (Lipinski definition) is 6. The summed E-state index contributed by atoms with van der Waals surface area (Å²) in [7, 11) is 1.61. The predicted molar refractivity (Wildman–Crippen MR) is 78.1 cm³/mol. The molecule has 1 atom stereocenters. The number of hydrogen-bond donors (Lipinski definition) is 1. The van der Waals surface area contributed by atoms with E-state index in [9.17, 15) is 0 Å². The number of halogens is 1. The molecule has 1 N–H and O–H groups in total. The summed E-state index contributed by atoms with van der Waals surface area (Å²) in [5.41, 5.74) is 0. The van der Waals surface area contributed by atoms with Gasteiger partial charge in [0.15, 0.2) is 5.82 Å². The van der Waals surface area contributed by atoms with E-state index in [-0.39, 0.29) is 6.04 Å². The minimum atomic E-state index is 0.273. The van der Waals surface area contributed by atoms with E-state index in [4.69, 9.17) is 21.1 Å². The Bertz CT molecular complexity index is 427. The van der Waals surface area contributed by atoms with Crippen LogP contribution in [0.2, 0.25) is 5.15 Å². The minimum Gasteiger partial charge on any atom is -0.379 e. The van der Waals surface area contributed by atoms with E-state index < -0.39 is 0 Å². The molecule has 1 aliphatic heterocycles. The Labute approximate surface area is 124 Å². The molecular weight excluding hydrogens is 280 g/mol. The van der Waals surface area contributed by atoms with Crippen molar-refractivity contribution in [2.24, 2.45) is 0 Å². The smallest absolute Gasteiger partial charge is 0.158 e. The van der Waals surface area contributed by atoms with Gasteiger partial charge in [0.1, 0.15) is 17.6 Å². The summed E-state index contributed by atoms with van der Waals surface area (Å²) in [4.78, 5) is 10.9. The van der Waals surface area contributed by atoms with Crippen LogP contribution < -0.4 is 5.32 Å². The molecule has 0 radical (unpaired) electrons. The van der Waals surface area contributed by atoms with Gasteiger partial charge in [-0.3, -0.25) is 4.90 Å². The van der Waals surface area contributed by atoms with Crippen LogP contribution in [0.15, 0.2) is 6.07 Å². The van der Waals surface area contributed by atoms with Crippen LogP contribution in [0.1, 0.15) is 12.7 Å². The molecule has 0 aliphatic carbocycles. The zero-order valence-electron chi connectivity index (χ0n) is 11.9. The molecule has 2 heterocycles.